The molecule has 0 aliphatic carbocycles. The molecule has 0 saturated carbocycles. The van der Waals surface area contributed by atoms with E-state index >= 15 is 0 Å². The van der Waals surface area contributed by atoms with E-state index in [-0.39, 0.29) is 5.56 Å². The fourth-order valence-corrected chi connectivity index (χ4v) is 2.58. The summed E-state index contributed by atoms with van der Waals surface area (Å²) in [6.07, 6.45) is 2.33. The average Bonchev–Trinajstić information content (AvgIpc) is 2.47. The summed E-state index contributed by atoms with van der Waals surface area (Å²) in [6.45, 7) is 2.61. The summed E-state index contributed by atoms with van der Waals surface area (Å²) in [5.41, 5.74) is 3.61. The zero-order chi connectivity index (χ0) is 13.9. The second kappa shape index (κ2) is 5.43. The second-order valence-corrected chi connectivity index (χ2v) is 5.08. The third-order valence-corrected chi connectivity index (χ3v) is 3.61. The van der Waals surface area contributed by atoms with Crippen LogP contribution in [0.15, 0.2) is 42.6 Å². The van der Waals surface area contributed by atoms with E-state index in [0.717, 1.165) is 37.3 Å². The smallest absolute Gasteiger partial charge is 0.337 e. The second-order valence-electron chi connectivity index (χ2n) is 5.08. The summed E-state index contributed by atoms with van der Waals surface area (Å²) < 4.78 is 0. The van der Waals surface area contributed by atoms with Crippen molar-refractivity contribution in [3.8, 4) is 0 Å². The molecule has 1 aromatic carbocycles. The van der Waals surface area contributed by atoms with Gasteiger partial charge in [-0.2, -0.15) is 0 Å². The number of hydrogen-bond acceptors (Lipinski definition) is 3. The van der Waals surface area contributed by atoms with Crippen LogP contribution in [0, 0.1) is 0 Å². The molecule has 0 unspecified atom stereocenters. The van der Waals surface area contributed by atoms with Crippen LogP contribution in [0.1, 0.15) is 27.2 Å². The number of carboxylic acid groups (broad SMARTS) is 1. The lowest BCUT2D eigenvalue weighted by Crippen LogP contribution is -2.30. The molecule has 102 valence electrons. The lowest BCUT2D eigenvalue weighted by molar-refractivity contribution is 0.0696. The maximum absolute atomic E-state index is 11.0. The number of carbonyl (C=O) groups is 1. The van der Waals surface area contributed by atoms with Gasteiger partial charge in [-0.15, -0.1) is 0 Å². The van der Waals surface area contributed by atoms with Crippen molar-refractivity contribution >= 4 is 5.97 Å². The van der Waals surface area contributed by atoms with Gasteiger partial charge in [-0.25, -0.2) is 4.79 Å². The quantitative estimate of drug-likeness (QED) is 0.928. The van der Waals surface area contributed by atoms with Crippen LogP contribution < -0.4 is 0 Å². The average molecular weight is 268 g/mol. The molecular weight excluding hydrogens is 252 g/mol. The van der Waals surface area contributed by atoms with Gasteiger partial charge < -0.3 is 5.11 Å². The van der Waals surface area contributed by atoms with Gasteiger partial charge in [-0.05, 0) is 17.2 Å². The number of aromatic nitrogens is 1. The molecule has 0 radical (unpaired) electrons. The van der Waals surface area contributed by atoms with Crippen LogP contribution in [0.3, 0.4) is 0 Å². The van der Waals surface area contributed by atoms with Gasteiger partial charge in [0, 0.05) is 37.9 Å². The van der Waals surface area contributed by atoms with Crippen LogP contribution in [-0.2, 0) is 19.5 Å². The molecule has 3 rings (SSSR count). The van der Waals surface area contributed by atoms with Crippen molar-refractivity contribution in [3.63, 3.8) is 0 Å². The largest absolute Gasteiger partial charge is 0.478 e. The number of carboxylic acids is 1. The molecule has 1 aliphatic heterocycles. The third-order valence-electron chi connectivity index (χ3n) is 3.61. The summed E-state index contributed by atoms with van der Waals surface area (Å²) in [7, 11) is 0. The lowest BCUT2D eigenvalue weighted by Gasteiger charge is -2.28. The van der Waals surface area contributed by atoms with Crippen molar-refractivity contribution in [3.05, 3.63) is 65.0 Å². The molecule has 20 heavy (non-hydrogen) atoms. The highest BCUT2D eigenvalue weighted by Gasteiger charge is 2.18. The van der Waals surface area contributed by atoms with Crippen molar-refractivity contribution in [1.82, 2.24) is 9.88 Å². The summed E-state index contributed by atoms with van der Waals surface area (Å²) in [5, 5.41) is 9.03. The molecule has 0 atom stereocenters. The predicted molar refractivity (Wildman–Crippen MR) is 75.5 cm³/mol. The maximum atomic E-state index is 11.0. The van der Waals surface area contributed by atoms with Crippen molar-refractivity contribution in [2.24, 2.45) is 0 Å². The van der Waals surface area contributed by atoms with Crippen molar-refractivity contribution in [2.75, 3.05) is 6.54 Å². The molecule has 0 fully saturated rings. The highest BCUT2D eigenvalue weighted by Crippen LogP contribution is 2.20. The minimum Gasteiger partial charge on any atom is -0.478 e. The van der Waals surface area contributed by atoms with Crippen molar-refractivity contribution in [2.45, 2.75) is 19.5 Å². The summed E-state index contributed by atoms with van der Waals surface area (Å²) in [6, 6.07) is 12.1. The normalized spacial score (nSPS) is 14.8. The van der Waals surface area contributed by atoms with Gasteiger partial charge in [0.1, 0.15) is 0 Å². The summed E-state index contributed by atoms with van der Waals surface area (Å²) >= 11 is 0. The Balaban J connectivity index is 1.77. The van der Waals surface area contributed by atoms with E-state index in [1.54, 1.807) is 6.07 Å². The highest BCUT2D eigenvalue weighted by molar-refractivity contribution is 5.87. The van der Waals surface area contributed by atoms with Crippen LogP contribution in [0.5, 0.6) is 0 Å². The number of benzene rings is 1. The van der Waals surface area contributed by atoms with Gasteiger partial charge in [-0.1, -0.05) is 30.3 Å². The number of rotatable bonds is 3. The first-order valence-corrected chi connectivity index (χ1v) is 6.70. The van der Waals surface area contributed by atoms with Crippen LogP contribution in [0.25, 0.3) is 0 Å². The van der Waals surface area contributed by atoms with Crippen LogP contribution >= 0.6 is 0 Å². The molecule has 0 saturated heterocycles. The van der Waals surface area contributed by atoms with Gasteiger partial charge >= 0.3 is 5.97 Å². The summed E-state index contributed by atoms with van der Waals surface area (Å²) in [4.78, 5) is 17.6. The molecule has 1 N–H and O–H groups in total. The van der Waals surface area contributed by atoms with Crippen molar-refractivity contribution < 1.29 is 9.90 Å². The van der Waals surface area contributed by atoms with Crippen LogP contribution in [0.4, 0.5) is 0 Å². The molecule has 2 aromatic rings. The Kier molecular flexibility index (Phi) is 3.48. The Morgan fingerprint density at radius 1 is 1.30 bits per heavy atom. The maximum Gasteiger partial charge on any atom is 0.337 e. The Morgan fingerprint density at radius 3 is 2.85 bits per heavy atom. The number of fused-ring (bicyclic) bond motifs is 1. The minimum absolute atomic E-state index is 0.269. The molecule has 2 heterocycles. The molecule has 1 aliphatic rings. The van der Waals surface area contributed by atoms with E-state index < -0.39 is 5.97 Å². The van der Waals surface area contributed by atoms with E-state index in [1.165, 1.54) is 11.8 Å². The first kappa shape index (κ1) is 12.8. The van der Waals surface area contributed by atoms with Gasteiger partial charge in [0.15, 0.2) is 0 Å². The Morgan fingerprint density at radius 2 is 2.10 bits per heavy atom. The molecule has 0 amide bonds. The zero-order valence-corrected chi connectivity index (χ0v) is 11.1. The minimum atomic E-state index is -0.916. The van der Waals surface area contributed by atoms with Gasteiger partial charge in [0.2, 0.25) is 0 Å². The van der Waals surface area contributed by atoms with Gasteiger partial charge in [-0.3, -0.25) is 9.88 Å². The van der Waals surface area contributed by atoms with Gasteiger partial charge in [0.25, 0.3) is 0 Å². The molecular formula is C16H16N2O2. The molecule has 0 spiro atoms. The summed E-state index contributed by atoms with van der Waals surface area (Å²) in [5.74, 6) is -0.916. The monoisotopic (exact) mass is 268 g/mol. The van der Waals surface area contributed by atoms with E-state index in [9.17, 15) is 4.79 Å². The topological polar surface area (TPSA) is 53.4 Å². The fraction of sp³-hybridized carbons (Fsp3) is 0.250. The highest BCUT2D eigenvalue weighted by atomic mass is 16.4. The molecule has 1 aromatic heterocycles. The Labute approximate surface area is 117 Å². The van der Waals surface area contributed by atoms with Crippen LogP contribution in [-0.4, -0.2) is 27.5 Å². The third kappa shape index (κ3) is 2.70. The Bertz CT molecular complexity index is 626. The Hall–Kier alpha value is -2.20. The molecule has 4 heteroatoms. The lowest BCUT2D eigenvalue weighted by atomic mass is 10.0. The van der Waals surface area contributed by atoms with E-state index in [1.807, 2.05) is 18.2 Å². The van der Waals surface area contributed by atoms with Gasteiger partial charge in [0.05, 0.1) is 5.56 Å². The van der Waals surface area contributed by atoms with E-state index in [2.05, 4.69) is 22.0 Å². The standard InChI is InChI=1S/C16H16N2O2/c19-16(20)13-8-14-11-18(7-6-15(14)17-9-13)10-12-4-2-1-3-5-12/h1-5,8-9H,6-7,10-11H2,(H,19,20). The number of aromatic carboxylic acids is 1. The molecule has 0 bridgehead atoms. The van der Waals surface area contributed by atoms with Crippen molar-refractivity contribution in [1.29, 1.82) is 0 Å². The zero-order valence-electron chi connectivity index (χ0n) is 11.1. The molecule has 4 nitrogen and oxygen atoms in total. The van der Waals surface area contributed by atoms with Crippen LogP contribution in [0.2, 0.25) is 0 Å². The van der Waals surface area contributed by atoms with E-state index in [0.29, 0.717) is 0 Å². The number of hydrogen-bond donors (Lipinski definition) is 1. The van der Waals surface area contributed by atoms with E-state index in [4.69, 9.17) is 5.11 Å². The first-order valence-electron chi connectivity index (χ1n) is 6.70. The fourth-order valence-electron chi connectivity index (χ4n) is 2.58. The first-order chi connectivity index (χ1) is 9.72. The predicted octanol–water partition coefficient (Wildman–Crippen LogP) is 2.34. The number of pyridine rings is 1. The SMILES string of the molecule is O=C(O)c1cnc2c(c1)CN(Cc1ccccc1)CC2. The number of nitrogens with zero attached hydrogens (tertiary/aromatic N) is 2.